The molecule has 1 saturated carbocycles. The lowest BCUT2D eigenvalue weighted by Gasteiger charge is -2.33. The second-order valence-electron chi connectivity index (χ2n) is 8.59. The Morgan fingerprint density at radius 1 is 1.14 bits per heavy atom. The fourth-order valence-corrected chi connectivity index (χ4v) is 4.60. The molecule has 1 saturated heterocycles. The summed E-state index contributed by atoms with van der Waals surface area (Å²) in [4.78, 5) is 28.4. The monoisotopic (exact) mass is 403 g/mol. The van der Waals surface area contributed by atoms with Crippen molar-refractivity contribution in [3.8, 4) is 0 Å². The van der Waals surface area contributed by atoms with Gasteiger partial charge in [-0.1, -0.05) is 6.92 Å². The number of nitrogens with zero attached hydrogens (tertiary/aromatic N) is 5. The summed E-state index contributed by atoms with van der Waals surface area (Å²) in [5.41, 5.74) is 1.16. The average molecular weight is 404 g/mol. The van der Waals surface area contributed by atoms with Crippen LogP contribution in [-0.2, 0) is 11.2 Å². The number of carbonyl (C=O) groups excluding carboxylic acids is 1. The number of amides is 1. The maximum Gasteiger partial charge on any atom is 0.225 e. The molecule has 1 amide bonds. The van der Waals surface area contributed by atoms with Crippen LogP contribution in [0.5, 0.6) is 0 Å². The van der Waals surface area contributed by atoms with Gasteiger partial charge in [-0.3, -0.25) is 9.69 Å². The second-order valence-corrected chi connectivity index (χ2v) is 8.59. The molecule has 3 rings (SSSR count). The number of aliphatic hydroxyl groups excluding tert-OH is 1. The van der Waals surface area contributed by atoms with Gasteiger partial charge < -0.3 is 14.9 Å². The number of anilines is 1. The molecule has 2 fully saturated rings. The van der Waals surface area contributed by atoms with Crippen LogP contribution in [0.3, 0.4) is 0 Å². The van der Waals surface area contributed by atoms with Gasteiger partial charge in [-0.15, -0.1) is 0 Å². The molecule has 7 heteroatoms. The van der Waals surface area contributed by atoms with E-state index in [-0.39, 0.29) is 12.5 Å². The Hall–Kier alpha value is -1.73. The number of hydrogen-bond acceptors (Lipinski definition) is 6. The summed E-state index contributed by atoms with van der Waals surface area (Å²) >= 11 is 0. The summed E-state index contributed by atoms with van der Waals surface area (Å²) in [6.45, 7) is 7.48. The van der Waals surface area contributed by atoms with Gasteiger partial charge in [0.1, 0.15) is 0 Å². The Morgan fingerprint density at radius 3 is 2.52 bits per heavy atom. The summed E-state index contributed by atoms with van der Waals surface area (Å²) in [5.74, 6) is 1.92. The third-order valence-electron chi connectivity index (χ3n) is 6.49. The zero-order valence-corrected chi connectivity index (χ0v) is 18.1. The van der Waals surface area contributed by atoms with Crippen molar-refractivity contribution in [2.45, 2.75) is 45.4 Å². The lowest BCUT2D eigenvalue weighted by Crippen LogP contribution is -2.41. The first-order valence-electron chi connectivity index (χ1n) is 11.2. The first-order valence-corrected chi connectivity index (χ1v) is 11.2. The third-order valence-corrected chi connectivity index (χ3v) is 6.49. The summed E-state index contributed by atoms with van der Waals surface area (Å²) < 4.78 is 0. The molecule has 1 aliphatic carbocycles. The van der Waals surface area contributed by atoms with Crippen LogP contribution in [0.2, 0.25) is 0 Å². The summed E-state index contributed by atoms with van der Waals surface area (Å²) in [6, 6.07) is 0. The molecule has 1 aromatic heterocycles. The van der Waals surface area contributed by atoms with Gasteiger partial charge in [-0.2, -0.15) is 0 Å². The summed E-state index contributed by atoms with van der Waals surface area (Å²) in [5, 5.41) is 9.14. The van der Waals surface area contributed by atoms with E-state index in [0.29, 0.717) is 18.4 Å². The Kier molecular flexibility index (Phi) is 8.24. The zero-order chi connectivity index (χ0) is 20.6. The van der Waals surface area contributed by atoms with Crippen LogP contribution in [0, 0.1) is 11.8 Å². The first kappa shape index (κ1) is 22.0. The molecule has 162 valence electrons. The van der Waals surface area contributed by atoms with Crippen molar-refractivity contribution in [2.75, 3.05) is 57.8 Å². The summed E-state index contributed by atoms with van der Waals surface area (Å²) in [7, 11) is 2.06. The van der Waals surface area contributed by atoms with Crippen molar-refractivity contribution in [3.63, 3.8) is 0 Å². The number of aromatic nitrogens is 2. The van der Waals surface area contributed by atoms with Gasteiger partial charge in [0.15, 0.2) is 0 Å². The molecule has 29 heavy (non-hydrogen) atoms. The van der Waals surface area contributed by atoms with Gasteiger partial charge in [-0.25, -0.2) is 9.97 Å². The van der Waals surface area contributed by atoms with Crippen LogP contribution in [0.1, 0.15) is 44.6 Å². The Labute approximate surface area is 175 Å². The SMILES string of the molecule is CCc1cnc(N(C)C[C@H]2CC[C@H](C(=O)N3CCCN(CCO)CC3)CC2)nc1. The normalized spacial score (nSPS) is 23.6. The van der Waals surface area contributed by atoms with E-state index in [2.05, 4.69) is 38.6 Å². The fraction of sp³-hybridized carbons (Fsp3) is 0.773. The van der Waals surface area contributed by atoms with Gasteiger partial charge in [-0.05, 0) is 56.6 Å². The van der Waals surface area contributed by atoms with Gasteiger partial charge >= 0.3 is 0 Å². The molecular weight excluding hydrogens is 366 g/mol. The van der Waals surface area contributed by atoms with E-state index < -0.39 is 0 Å². The lowest BCUT2D eigenvalue weighted by molar-refractivity contribution is -0.136. The number of aryl methyl sites for hydroxylation is 1. The molecule has 0 unspecified atom stereocenters. The number of hydrogen-bond donors (Lipinski definition) is 1. The van der Waals surface area contributed by atoms with E-state index in [1.54, 1.807) is 0 Å². The van der Waals surface area contributed by atoms with Crippen LogP contribution >= 0.6 is 0 Å². The van der Waals surface area contributed by atoms with E-state index in [9.17, 15) is 4.79 Å². The Balaban J connectivity index is 1.44. The van der Waals surface area contributed by atoms with E-state index in [1.165, 1.54) is 0 Å². The zero-order valence-electron chi connectivity index (χ0n) is 18.1. The highest BCUT2D eigenvalue weighted by Gasteiger charge is 2.30. The standard InChI is InChI=1S/C22H37N5O2/c1-3-18-15-23-22(24-16-18)25(2)17-19-5-7-20(8-6-19)21(29)27-10-4-9-26(11-12-27)13-14-28/h15-16,19-20,28H,3-14,17H2,1-2H3/t19-,20-. The van der Waals surface area contributed by atoms with Crippen molar-refractivity contribution >= 4 is 11.9 Å². The highest BCUT2D eigenvalue weighted by molar-refractivity contribution is 5.79. The van der Waals surface area contributed by atoms with Crippen LogP contribution in [0.25, 0.3) is 0 Å². The van der Waals surface area contributed by atoms with E-state index in [0.717, 1.165) is 82.8 Å². The van der Waals surface area contributed by atoms with Gasteiger partial charge in [0.2, 0.25) is 11.9 Å². The molecule has 0 spiro atoms. The first-order chi connectivity index (χ1) is 14.1. The molecule has 7 nitrogen and oxygen atoms in total. The van der Waals surface area contributed by atoms with E-state index >= 15 is 0 Å². The molecule has 0 aromatic carbocycles. The number of carbonyl (C=O) groups is 1. The largest absolute Gasteiger partial charge is 0.395 e. The maximum absolute atomic E-state index is 13.0. The Morgan fingerprint density at radius 2 is 1.86 bits per heavy atom. The number of rotatable bonds is 7. The van der Waals surface area contributed by atoms with Gasteiger partial charge in [0.25, 0.3) is 0 Å². The minimum absolute atomic E-state index is 0.182. The molecule has 1 aliphatic heterocycles. The van der Waals surface area contributed by atoms with Crippen molar-refractivity contribution in [1.82, 2.24) is 19.8 Å². The Bertz CT molecular complexity index is 631. The van der Waals surface area contributed by atoms with E-state index in [4.69, 9.17) is 5.11 Å². The predicted octanol–water partition coefficient (Wildman–Crippen LogP) is 1.81. The highest BCUT2D eigenvalue weighted by Crippen LogP contribution is 2.31. The van der Waals surface area contributed by atoms with Crippen LogP contribution in [0.4, 0.5) is 5.95 Å². The van der Waals surface area contributed by atoms with Gasteiger partial charge in [0, 0.05) is 58.1 Å². The molecule has 0 atom stereocenters. The van der Waals surface area contributed by atoms with Crippen molar-refractivity contribution in [2.24, 2.45) is 11.8 Å². The molecular formula is C22H37N5O2. The minimum Gasteiger partial charge on any atom is -0.395 e. The number of β-amino-alcohol motifs (C(OH)–C–C–N with tert-alkyl or cyclic N) is 1. The molecule has 2 aliphatic rings. The van der Waals surface area contributed by atoms with Crippen molar-refractivity contribution in [3.05, 3.63) is 18.0 Å². The smallest absolute Gasteiger partial charge is 0.225 e. The highest BCUT2D eigenvalue weighted by atomic mass is 16.3. The lowest BCUT2D eigenvalue weighted by atomic mass is 9.81. The molecule has 0 bridgehead atoms. The predicted molar refractivity (Wildman–Crippen MR) is 115 cm³/mol. The van der Waals surface area contributed by atoms with Crippen LogP contribution < -0.4 is 4.90 Å². The van der Waals surface area contributed by atoms with Crippen LogP contribution in [-0.4, -0.2) is 83.7 Å². The fourth-order valence-electron chi connectivity index (χ4n) is 4.60. The van der Waals surface area contributed by atoms with Crippen molar-refractivity contribution in [1.29, 1.82) is 0 Å². The molecule has 1 N–H and O–H groups in total. The van der Waals surface area contributed by atoms with E-state index in [1.807, 2.05) is 12.4 Å². The average Bonchev–Trinajstić information content (AvgIpc) is 3.00. The number of aliphatic hydroxyl groups is 1. The maximum atomic E-state index is 13.0. The quantitative estimate of drug-likeness (QED) is 0.749. The molecule has 2 heterocycles. The third kappa shape index (κ3) is 6.12. The molecule has 0 radical (unpaired) electrons. The molecule has 1 aromatic rings. The van der Waals surface area contributed by atoms with Crippen molar-refractivity contribution < 1.29 is 9.90 Å². The van der Waals surface area contributed by atoms with Crippen LogP contribution in [0.15, 0.2) is 12.4 Å². The second kappa shape index (κ2) is 10.9. The topological polar surface area (TPSA) is 72.8 Å². The minimum atomic E-state index is 0.182. The summed E-state index contributed by atoms with van der Waals surface area (Å²) in [6.07, 6.45) is 9.96. The van der Waals surface area contributed by atoms with Gasteiger partial charge in [0.05, 0.1) is 6.61 Å².